The maximum Gasteiger partial charge on any atom is 0.240 e. The third-order valence-electron chi connectivity index (χ3n) is 5.32. The number of rotatable bonds is 5. The van der Waals surface area contributed by atoms with Gasteiger partial charge in [-0.3, -0.25) is 14.5 Å². The summed E-state index contributed by atoms with van der Waals surface area (Å²) in [5, 5.41) is 9.61. The number of aliphatic hydroxyl groups is 1. The van der Waals surface area contributed by atoms with Crippen molar-refractivity contribution in [2.75, 3.05) is 4.90 Å². The predicted octanol–water partition coefficient (Wildman–Crippen LogP) is 5.25. The van der Waals surface area contributed by atoms with Gasteiger partial charge in [0, 0.05) is 23.4 Å². The Labute approximate surface area is 172 Å². The Hall–Kier alpha value is -3.54. The molecule has 0 unspecified atom stereocenters. The van der Waals surface area contributed by atoms with Gasteiger partial charge in [-0.15, -0.1) is 0 Å². The fourth-order valence-corrected chi connectivity index (χ4v) is 3.75. The molecule has 0 radical (unpaired) electrons. The van der Waals surface area contributed by atoms with Gasteiger partial charge in [0.25, 0.3) is 0 Å². The van der Waals surface area contributed by atoms with E-state index in [4.69, 9.17) is 0 Å². The minimum atomic E-state index is -0.479. The summed E-state index contributed by atoms with van der Waals surface area (Å²) < 4.78 is 26.4. The highest BCUT2D eigenvalue weighted by Crippen LogP contribution is 2.42. The number of carbonyl (C=O) groups is 2. The lowest BCUT2D eigenvalue weighted by Gasteiger charge is -2.43. The molecular formula is C24H19F2NO3. The van der Waals surface area contributed by atoms with Crippen molar-refractivity contribution in [3.63, 3.8) is 0 Å². The number of carbonyl (C=O) groups excluding carboxylic acids is 2. The maximum absolute atomic E-state index is 13.3. The highest BCUT2D eigenvalue weighted by molar-refractivity contribution is 6.09. The summed E-state index contributed by atoms with van der Waals surface area (Å²) in [5.74, 6) is -1.46. The van der Waals surface area contributed by atoms with Gasteiger partial charge in [0.05, 0.1) is 5.92 Å². The second-order valence-corrected chi connectivity index (χ2v) is 7.25. The average molecular weight is 407 g/mol. The summed E-state index contributed by atoms with van der Waals surface area (Å²) in [7, 11) is 0. The van der Waals surface area contributed by atoms with Crippen molar-refractivity contribution in [3.8, 4) is 0 Å². The molecule has 1 aliphatic heterocycles. The van der Waals surface area contributed by atoms with Gasteiger partial charge in [0.1, 0.15) is 17.4 Å². The lowest BCUT2D eigenvalue weighted by molar-refractivity contribution is -0.124. The molecule has 30 heavy (non-hydrogen) atoms. The normalized spacial score (nSPS) is 20.7. The van der Waals surface area contributed by atoms with Crippen LogP contribution in [0.15, 0.2) is 83.8 Å². The van der Waals surface area contributed by atoms with Gasteiger partial charge in [0.15, 0.2) is 5.78 Å². The van der Waals surface area contributed by atoms with Crippen LogP contribution in [-0.2, 0) is 4.79 Å². The Morgan fingerprint density at radius 1 is 1.00 bits per heavy atom. The van der Waals surface area contributed by atoms with E-state index in [0.29, 0.717) is 24.1 Å². The van der Waals surface area contributed by atoms with E-state index in [1.165, 1.54) is 53.4 Å². The zero-order chi connectivity index (χ0) is 21.3. The Morgan fingerprint density at radius 2 is 1.63 bits per heavy atom. The number of amides is 1. The van der Waals surface area contributed by atoms with Crippen molar-refractivity contribution in [2.24, 2.45) is 5.92 Å². The van der Waals surface area contributed by atoms with E-state index in [0.717, 1.165) is 11.3 Å². The first kappa shape index (κ1) is 19.8. The van der Waals surface area contributed by atoms with Crippen molar-refractivity contribution in [2.45, 2.75) is 19.3 Å². The molecule has 2 aromatic rings. The van der Waals surface area contributed by atoms with Crippen molar-refractivity contribution < 1.29 is 23.5 Å². The highest BCUT2D eigenvalue weighted by Gasteiger charge is 2.44. The molecule has 1 fully saturated rings. The third kappa shape index (κ3) is 3.81. The van der Waals surface area contributed by atoms with E-state index in [1.807, 2.05) is 0 Å². The number of allylic oxidation sites excluding steroid dienone is 4. The number of benzene rings is 2. The molecule has 2 aliphatic rings. The minimum absolute atomic E-state index is 0.140. The van der Waals surface area contributed by atoms with Gasteiger partial charge in [0.2, 0.25) is 5.91 Å². The van der Waals surface area contributed by atoms with Gasteiger partial charge >= 0.3 is 0 Å². The smallest absolute Gasteiger partial charge is 0.240 e. The van der Waals surface area contributed by atoms with Crippen LogP contribution < -0.4 is 4.90 Å². The molecule has 0 spiro atoms. The Morgan fingerprint density at radius 3 is 2.23 bits per heavy atom. The summed E-state index contributed by atoms with van der Waals surface area (Å²) in [6, 6.07) is 11.0. The molecule has 152 valence electrons. The molecule has 1 N–H and O–H groups in total. The molecule has 2 aromatic carbocycles. The fourth-order valence-electron chi connectivity index (χ4n) is 3.75. The molecule has 1 heterocycles. The summed E-state index contributed by atoms with van der Waals surface area (Å²) in [6.45, 7) is 0. The summed E-state index contributed by atoms with van der Waals surface area (Å²) >= 11 is 0. The lowest BCUT2D eigenvalue weighted by Crippen LogP contribution is -2.51. The number of hydrogen-bond donors (Lipinski definition) is 1. The molecule has 0 aromatic heterocycles. The van der Waals surface area contributed by atoms with Crippen LogP contribution in [-0.4, -0.2) is 16.8 Å². The topological polar surface area (TPSA) is 57.6 Å². The average Bonchev–Trinajstić information content (AvgIpc) is 2.74. The van der Waals surface area contributed by atoms with Gasteiger partial charge in [-0.05, 0) is 79.1 Å². The lowest BCUT2D eigenvalue weighted by atomic mass is 9.82. The fraction of sp³-hybridized carbons (Fsp3) is 0.167. The Kier molecular flexibility index (Phi) is 5.31. The molecule has 1 aliphatic carbocycles. The molecule has 1 saturated heterocycles. The van der Waals surface area contributed by atoms with E-state index in [1.54, 1.807) is 18.2 Å². The third-order valence-corrected chi connectivity index (χ3v) is 5.32. The van der Waals surface area contributed by atoms with E-state index in [2.05, 4.69) is 0 Å². The number of halogens is 2. The molecule has 1 amide bonds. The van der Waals surface area contributed by atoms with E-state index in [-0.39, 0.29) is 23.9 Å². The Balaban J connectivity index is 1.57. The van der Waals surface area contributed by atoms with Crippen molar-refractivity contribution >= 4 is 17.4 Å². The van der Waals surface area contributed by atoms with Crippen LogP contribution in [0.4, 0.5) is 14.5 Å². The first-order valence-corrected chi connectivity index (χ1v) is 9.62. The standard InChI is InChI=1S/C24H19F2NO3/c25-17-5-1-15(2-6-17)22(29)14-13-21-23(16-3-11-20(28)12-4-16)27(24(21)30)19-9-7-18(26)8-10-19/h1-3,5-12,21,28H,4,13-14H2/b23-16+/t21-/m1/s1. The zero-order valence-corrected chi connectivity index (χ0v) is 16.0. The number of hydrogen-bond acceptors (Lipinski definition) is 3. The molecule has 1 atom stereocenters. The first-order valence-electron chi connectivity index (χ1n) is 9.62. The number of β-lactam (4-membered cyclic amide) rings is 1. The van der Waals surface area contributed by atoms with Crippen LogP contribution in [0.3, 0.4) is 0 Å². The SMILES string of the molecule is O=C(CC[C@H]1C(=O)N(c2ccc(F)cc2)/C1=C1\C=CC(O)=CC1)c1ccc(F)cc1. The van der Waals surface area contributed by atoms with E-state index in [9.17, 15) is 23.5 Å². The summed E-state index contributed by atoms with van der Waals surface area (Å²) in [5.41, 5.74) is 2.56. The highest BCUT2D eigenvalue weighted by atomic mass is 19.1. The second kappa shape index (κ2) is 8.06. The van der Waals surface area contributed by atoms with Crippen LogP contribution >= 0.6 is 0 Å². The van der Waals surface area contributed by atoms with Gasteiger partial charge in [-0.25, -0.2) is 8.78 Å². The van der Waals surface area contributed by atoms with Crippen LogP contribution in [0.1, 0.15) is 29.6 Å². The monoisotopic (exact) mass is 407 g/mol. The van der Waals surface area contributed by atoms with Crippen molar-refractivity contribution in [3.05, 3.63) is 101 Å². The number of nitrogens with zero attached hydrogens (tertiary/aromatic N) is 1. The maximum atomic E-state index is 13.3. The van der Waals surface area contributed by atoms with Crippen LogP contribution in [0.25, 0.3) is 0 Å². The minimum Gasteiger partial charge on any atom is -0.508 e. The van der Waals surface area contributed by atoms with Crippen molar-refractivity contribution in [1.82, 2.24) is 0 Å². The van der Waals surface area contributed by atoms with Gasteiger partial charge in [-0.2, -0.15) is 0 Å². The van der Waals surface area contributed by atoms with Gasteiger partial charge < -0.3 is 5.11 Å². The quantitative estimate of drug-likeness (QED) is 0.544. The van der Waals surface area contributed by atoms with Crippen LogP contribution in [0.2, 0.25) is 0 Å². The largest absolute Gasteiger partial charge is 0.508 e. The number of anilines is 1. The second-order valence-electron chi connectivity index (χ2n) is 7.25. The molecule has 4 rings (SSSR count). The number of ketones is 1. The summed E-state index contributed by atoms with van der Waals surface area (Å²) in [4.78, 5) is 26.9. The van der Waals surface area contributed by atoms with Crippen LogP contribution in [0, 0.1) is 17.6 Å². The molecular weight excluding hydrogens is 388 g/mol. The Bertz CT molecular complexity index is 1080. The molecule has 0 bridgehead atoms. The molecule has 4 nitrogen and oxygen atoms in total. The first-order chi connectivity index (χ1) is 14.4. The van der Waals surface area contributed by atoms with Crippen LogP contribution in [0.5, 0.6) is 0 Å². The number of Topliss-reactive ketones (excluding diaryl/α,β-unsaturated/α-hetero) is 1. The molecule has 0 saturated carbocycles. The predicted molar refractivity (Wildman–Crippen MR) is 109 cm³/mol. The number of aliphatic hydroxyl groups excluding tert-OH is 1. The van der Waals surface area contributed by atoms with Crippen molar-refractivity contribution in [1.29, 1.82) is 0 Å². The summed E-state index contributed by atoms with van der Waals surface area (Å²) in [6.07, 6.45) is 5.86. The molecule has 6 heteroatoms. The van der Waals surface area contributed by atoms with E-state index < -0.39 is 17.6 Å². The zero-order valence-electron chi connectivity index (χ0n) is 16.0. The van der Waals surface area contributed by atoms with Gasteiger partial charge in [-0.1, -0.05) is 6.08 Å². The van der Waals surface area contributed by atoms with E-state index >= 15 is 0 Å².